The van der Waals surface area contributed by atoms with Crippen LogP contribution in [0.1, 0.15) is 24.4 Å². The van der Waals surface area contributed by atoms with E-state index in [1.807, 2.05) is 33.0 Å². The normalized spacial score (nSPS) is 12.7. The maximum atomic E-state index is 6.26. The van der Waals surface area contributed by atoms with Crippen molar-refractivity contribution in [2.24, 2.45) is 0 Å². The van der Waals surface area contributed by atoms with Crippen LogP contribution in [0.4, 0.5) is 0 Å². The Morgan fingerprint density at radius 2 is 2.00 bits per heavy atom. The number of aromatic nitrogens is 3. The van der Waals surface area contributed by atoms with Gasteiger partial charge < -0.3 is 5.32 Å². The van der Waals surface area contributed by atoms with E-state index in [1.165, 1.54) is 0 Å². The lowest BCUT2D eigenvalue weighted by atomic mass is 10.2. The van der Waals surface area contributed by atoms with E-state index in [0.29, 0.717) is 10.0 Å². The zero-order valence-corrected chi connectivity index (χ0v) is 13.8. The average molecular weight is 364 g/mol. The third kappa shape index (κ3) is 2.65. The molecule has 0 fully saturated rings. The molecule has 19 heavy (non-hydrogen) atoms. The Morgan fingerprint density at radius 3 is 2.63 bits per heavy atom. The molecule has 0 radical (unpaired) electrons. The average Bonchev–Trinajstić information content (AvgIpc) is 2.77. The van der Waals surface area contributed by atoms with Gasteiger partial charge in [-0.2, -0.15) is 0 Å². The first kappa shape index (κ1) is 14.8. The molecule has 7 heteroatoms. The molecule has 4 nitrogen and oxygen atoms in total. The summed E-state index contributed by atoms with van der Waals surface area (Å²) in [4.78, 5) is 0. The molecule has 1 unspecified atom stereocenters. The van der Waals surface area contributed by atoms with Gasteiger partial charge in [0.1, 0.15) is 5.69 Å². The molecule has 0 aliphatic heterocycles. The van der Waals surface area contributed by atoms with Crippen LogP contribution >= 0.6 is 39.1 Å². The molecule has 102 valence electrons. The number of rotatable bonds is 3. The lowest BCUT2D eigenvalue weighted by Gasteiger charge is -2.10. The monoisotopic (exact) mass is 362 g/mol. The zero-order valence-electron chi connectivity index (χ0n) is 10.7. The fraction of sp³-hybridized carbons (Fsp3) is 0.333. The molecule has 2 rings (SSSR count). The Morgan fingerprint density at radius 1 is 1.32 bits per heavy atom. The van der Waals surface area contributed by atoms with Gasteiger partial charge in [0.2, 0.25) is 0 Å². The molecular weight excluding hydrogens is 351 g/mol. The predicted octanol–water partition coefficient (Wildman–Crippen LogP) is 3.93. The second kappa shape index (κ2) is 5.79. The van der Waals surface area contributed by atoms with Crippen molar-refractivity contribution in [3.63, 3.8) is 0 Å². The number of benzene rings is 1. The van der Waals surface area contributed by atoms with Gasteiger partial charge in [-0.25, -0.2) is 4.68 Å². The zero-order chi connectivity index (χ0) is 14.2. The van der Waals surface area contributed by atoms with E-state index in [0.717, 1.165) is 21.5 Å². The Bertz CT molecular complexity index is 612. The molecule has 0 bridgehead atoms. The van der Waals surface area contributed by atoms with E-state index in [1.54, 1.807) is 4.68 Å². The van der Waals surface area contributed by atoms with Crippen molar-refractivity contribution in [2.45, 2.75) is 19.9 Å². The first-order chi connectivity index (χ1) is 8.97. The molecule has 1 atom stereocenters. The number of nitrogens with zero attached hydrogens (tertiary/aromatic N) is 3. The molecule has 1 N–H and O–H groups in total. The van der Waals surface area contributed by atoms with Crippen molar-refractivity contribution < 1.29 is 0 Å². The minimum absolute atomic E-state index is 0.124. The molecule has 2 aromatic rings. The summed E-state index contributed by atoms with van der Waals surface area (Å²) < 4.78 is 2.45. The topological polar surface area (TPSA) is 42.7 Å². The molecule has 1 aromatic carbocycles. The van der Waals surface area contributed by atoms with Crippen LogP contribution in [0.5, 0.6) is 0 Å². The summed E-state index contributed by atoms with van der Waals surface area (Å²) in [6.07, 6.45) is 0. The van der Waals surface area contributed by atoms with Crippen LogP contribution in [0, 0.1) is 6.92 Å². The van der Waals surface area contributed by atoms with Gasteiger partial charge in [0, 0.05) is 4.47 Å². The largest absolute Gasteiger partial charge is 0.312 e. The highest BCUT2D eigenvalue weighted by Crippen LogP contribution is 2.35. The van der Waals surface area contributed by atoms with Gasteiger partial charge in [-0.15, -0.1) is 5.10 Å². The molecule has 1 heterocycles. The Kier molecular flexibility index (Phi) is 4.50. The Labute approximate surface area is 130 Å². The van der Waals surface area contributed by atoms with Gasteiger partial charge in [0.15, 0.2) is 0 Å². The van der Waals surface area contributed by atoms with Crippen molar-refractivity contribution in [1.29, 1.82) is 0 Å². The maximum Gasteiger partial charge on any atom is 0.103 e. The van der Waals surface area contributed by atoms with E-state index in [4.69, 9.17) is 23.2 Å². The SMILES string of the molecule is CNC(C)c1nnn(-c2ccc(Br)c(Cl)c2Cl)c1C. The van der Waals surface area contributed by atoms with Gasteiger partial charge >= 0.3 is 0 Å². The molecule has 0 amide bonds. The van der Waals surface area contributed by atoms with Crippen molar-refractivity contribution in [2.75, 3.05) is 7.05 Å². The minimum atomic E-state index is 0.124. The fourth-order valence-corrected chi connectivity index (χ4v) is 2.63. The maximum absolute atomic E-state index is 6.26. The first-order valence-corrected chi connectivity index (χ1v) is 7.25. The van der Waals surface area contributed by atoms with Crippen LogP contribution in [-0.2, 0) is 0 Å². The molecule has 0 saturated heterocycles. The summed E-state index contributed by atoms with van der Waals surface area (Å²) in [6, 6.07) is 3.82. The summed E-state index contributed by atoms with van der Waals surface area (Å²) in [7, 11) is 1.88. The van der Waals surface area contributed by atoms with Crippen LogP contribution in [0.15, 0.2) is 16.6 Å². The standard InChI is InChI=1S/C12H13BrCl2N4/c1-6(16-3)12-7(2)19(18-17-12)9-5-4-8(13)10(14)11(9)15/h4-6,16H,1-3H3. The third-order valence-electron chi connectivity index (χ3n) is 3.02. The van der Waals surface area contributed by atoms with Gasteiger partial charge in [-0.3, -0.25) is 0 Å². The fourth-order valence-electron chi connectivity index (χ4n) is 1.79. The number of hydrogen-bond donors (Lipinski definition) is 1. The van der Waals surface area contributed by atoms with E-state index in [9.17, 15) is 0 Å². The van der Waals surface area contributed by atoms with Crippen molar-refractivity contribution in [1.82, 2.24) is 20.3 Å². The van der Waals surface area contributed by atoms with E-state index in [2.05, 4.69) is 31.6 Å². The molecule has 0 saturated carbocycles. The van der Waals surface area contributed by atoms with Crippen molar-refractivity contribution in [3.05, 3.63) is 38.0 Å². The second-order valence-electron chi connectivity index (χ2n) is 4.18. The highest BCUT2D eigenvalue weighted by Gasteiger charge is 2.18. The first-order valence-electron chi connectivity index (χ1n) is 5.70. The summed E-state index contributed by atoms with van der Waals surface area (Å²) >= 11 is 15.7. The summed E-state index contributed by atoms with van der Waals surface area (Å²) in [5.41, 5.74) is 2.54. The van der Waals surface area contributed by atoms with Gasteiger partial charge in [-0.1, -0.05) is 28.4 Å². The highest BCUT2D eigenvalue weighted by molar-refractivity contribution is 9.10. The number of halogens is 3. The van der Waals surface area contributed by atoms with Crippen LogP contribution in [0.2, 0.25) is 10.0 Å². The lowest BCUT2D eigenvalue weighted by Crippen LogP contribution is -2.14. The van der Waals surface area contributed by atoms with Crippen molar-refractivity contribution >= 4 is 39.1 Å². The third-order valence-corrected chi connectivity index (χ3v) is 4.78. The summed E-state index contributed by atoms with van der Waals surface area (Å²) in [6.45, 7) is 3.98. The number of nitrogens with one attached hydrogen (secondary N) is 1. The van der Waals surface area contributed by atoms with Crippen LogP contribution < -0.4 is 5.32 Å². The van der Waals surface area contributed by atoms with Crippen LogP contribution in [0.25, 0.3) is 5.69 Å². The van der Waals surface area contributed by atoms with E-state index < -0.39 is 0 Å². The van der Waals surface area contributed by atoms with Gasteiger partial charge in [0.05, 0.1) is 27.5 Å². The number of hydrogen-bond acceptors (Lipinski definition) is 3. The van der Waals surface area contributed by atoms with Crippen LogP contribution in [-0.4, -0.2) is 22.0 Å². The van der Waals surface area contributed by atoms with E-state index in [-0.39, 0.29) is 6.04 Å². The molecule has 0 aliphatic carbocycles. The lowest BCUT2D eigenvalue weighted by molar-refractivity contribution is 0.627. The van der Waals surface area contributed by atoms with Crippen molar-refractivity contribution in [3.8, 4) is 5.69 Å². The summed E-state index contributed by atoms with van der Waals surface area (Å²) in [5.74, 6) is 0. The predicted molar refractivity (Wildman–Crippen MR) is 81.3 cm³/mol. The van der Waals surface area contributed by atoms with Crippen LogP contribution in [0.3, 0.4) is 0 Å². The summed E-state index contributed by atoms with van der Waals surface area (Å²) in [5, 5.41) is 12.4. The van der Waals surface area contributed by atoms with Gasteiger partial charge in [-0.05, 0) is 49.0 Å². The highest BCUT2D eigenvalue weighted by atomic mass is 79.9. The quantitative estimate of drug-likeness (QED) is 0.840. The molecule has 0 aliphatic rings. The Hall–Kier alpha value is -0.620. The Balaban J connectivity index is 2.55. The smallest absolute Gasteiger partial charge is 0.103 e. The molecule has 0 spiro atoms. The molecule has 1 aromatic heterocycles. The van der Waals surface area contributed by atoms with Gasteiger partial charge in [0.25, 0.3) is 0 Å². The molecular formula is C12H13BrCl2N4. The van der Waals surface area contributed by atoms with E-state index >= 15 is 0 Å². The minimum Gasteiger partial charge on any atom is -0.312 e. The second-order valence-corrected chi connectivity index (χ2v) is 5.79.